The first kappa shape index (κ1) is 12.6. The maximum Gasteiger partial charge on any atom is 0.0579 e. The van der Waals surface area contributed by atoms with Crippen LogP contribution in [0.2, 0.25) is 0 Å². The SMILES string of the molecule is C=C(NC(C)C)C1(NC(C)C)CCCC1. The maximum atomic E-state index is 4.23. The number of nitrogens with one attached hydrogen (secondary N) is 2. The minimum absolute atomic E-state index is 0.151. The van der Waals surface area contributed by atoms with Crippen molar-refractivity contribution in [2.24, 2.45) is 0 Å². The van der Waals surface area contributed by atoms with Crippen molar-refractivity contribution in [1.82, 2.24) is 10.6 Å². The van der Waals surface area contributed by atoms with Gasteiger partial charge in [0, 0.05) is 17.8 Å². The Morgan fingerprint density at radius 3 is 2.00 bits per heavy atom. The third-order valence-corrected chi connectivity index (χ3v) is 3.06. The van der Waals surface area contributed by atoms with Gasteiger partial charge >= 0.3 is 0 Å². The van der Waals surface area contributed by atoms with E-state index in [0.29, 0.717) is 12.1 Å². The molecular weight excluding hydrogens is 184 g/mol. The highest BCUT2D eigenvalue weighted by Crippen LogP contribution is 2.34. The zero-order chi connectivity index (χ0) is 11.5. The fourth-order valence-corrected chi connectivity index (χ4v) is 2.55. The predicted octanol–water partition coefficient (Wildman–Crippen LogP) is 2.81. The molecule has 88 valence electrons. The average Bonchev–Trinajstić information content (AvgIpc) is 2.51. The van der Waals surface area contributed by atoms with E-state index >= 15 is 0 Å². The molecule has 0 aromatic heterocycles. The summed E-state index contributed by atoms with van der Waals surface area (Å²) >= 11 is 0. The van der Waals surface area contributed by atoms with Crippen LogP contribution in [0, 0.1) is 0 Å². The largest absolute Gasteiger partial charge is 0.385 e. The van der Waals surface area contributed by atoms with Crippen LogP contribution < -0.4 is 10.6 Å². The molecule has 1 rings (SSSR count). The maximum absolute atomic E-state index is 4.23. The third kappa shape index (κ3) is 3.23. The topological polar surface area (TPSA) is 24.1 Å². The molecule has 1 fully saturated rings. The fraction of sp³-hybridized carbons (Fsp3) is 0.846. The van der Waals surface area contributed by atoms with Crippen molar-refractivity contribution < 1.29 is 0 Å². The highest BCUT2D eigenvalue weighted by Gasteiger charge is 2.36. The Morgan fingerprint density at radius 1 is 1.07 bits per heavy atom. The molecule has 0 aromatic carbocycles. The summed E-state index contributed by atoms with van der Waals surface area (Å²) in [7, 11) is 0. The summed E-state index contributed by atoms with van der Waals surface area (Å²) in [5, 5.41) is 7.17. The Hall–Kier alpha value is -0.500. The van der Waals surface area contributed by atoms with Gasteiger partial charge in [-0.2, -0.15) is 0 Å². The van der Waals surface area contributed by atoms with E-state index in [1.807, 2.05) is 0 Å². The first-order valence-electron chi connectivity index (χ1n) is 6.20. The molecule has 2 N–H and O–H groups in total. The second-order valence-electron chi connectivity index (χ2n) is 5.37. The smallest absolute Gasteiger partial charge is 0.0579 e. The number of hydrogen-bond donors (Lipinski definition) is 2. The minimum atomic E-state index is 0.151. The Bertz CT molecular complexity index is 213. The van der Waals surface area contributed by atoms with E-state index in [1.54, 1.807) is 0 Å². The monoisotopic (exact) mass is 210 g/mol. The zero-order valence-electron chi connectivity index (χ0n) is 10.7. The van der Waals surface area contributed by atoms with E-state index in [4.69, 9.17) is 0 Å². The van der Waals surface area contributed by atoms with E-state index in [1.165, 1.54) is 31.4 Å². The highest BCUT2D eigenvalue weighted by atomic mass is 15.1. The van der Waals surface area contributed by atoms with Crippen molar-refractivity contribution in [2.45, 2.75) is 71.0 Å². The van der Waals surface area contributed by atoms with Crippen LogP contribution in [0.4, 0.5) is 0 Å². The first-order valence-corrected chi connectivity index (χ1v) is 6.20. The summed E-state index contributed by atoms with van der Waals surface area (Å²) in [5.74, 6) is 0. The van der Waals surface area contributed by atoms with Crippen LogP contribution >= 0.6 is 0 Å². The molecule has 2 heteroatoms. The lowest BCUT2D eigenvalue weighted by Crippen LogP contribution is -2.51. The summed E-state index contributed by atoms with van der Waals surface area (Å²) in [4.78, 5) is 0. The van der Waals surface area contributed by atoms with Gasteiger partial charge in [0.05, 0.1) is 5.54 Å². The Labute approximate surface area is 94.5 Å². The van der Waals surface area contributed by atoms with E-state index < -0.39 is 0 Å². The zero-order valence-corrected chi connectivity index (χ0v) is 10.7. The highest BCUT2D eigenvalue weighted by molar-refractivity contribution is 5.18. The van der Waals surface area contributed by atoms with Gasteiger partial charge in [-0.05, 0) is 40.5 Å². The van der Waals surface area contributed by atoms with Gasteiger partial charge < -0.3 is 10.6 Å². The molecule has 1 aliphatic carbocycles. The van der Waals surface area contributed by atoms with Crippen molar-refractivity contribution in [2.75, 3.05) is 0 Å². The molecule has 0 unspecified atom stereocenters. The Morgan fingerprint density at radius 2 is 1.60 bits per heavy atom. The lowest BCUT2D eigenvalue weighted by molar-refractivity contribution is 0.333. The minimum Gasteiger partial charge on any atom is -0.385 e. The molecule has 0 radical (unpaired) electrons. The quantitative estimate of drug-likeness (QED) is 0.729. The Kier molecular flexibility index (Phi) is 4.21. The molecule has 0 heterocycles. The van der Waals surface area contributed by atoms with Gasteiger partial charge in [-0.25, -0.2) is 0 Å². The van der Waals surface area contributed by atoms with Crippen LogP contribution in [0.15, 0.2) is 12.3 Å². The molecule has 2 nitrogen and oxygen atoms in total. The summed E-state index contributed by atoms with van der Waals surface area (Å²) in [6, 6.07) is 0.998. The summed E-state index contributed by atoms with van der Waals surface area (Å²) in [6.07, 6.45) is 5.09. The van der Waals surface area contributed by atoms with Gasteiger partial charge in [0.2, 0.25) is 0 Å². The lowest BCUT2D eigenvalue weighted by Gasteiger charge is -2.36. The second kappa shape index (κ2) is 5.02. The van der Waals surface area contributed by atoms with Gasteiger partial charge in [0.1, 0.15) is 0 Å². The van der Waals surface area contributed by atoms with Crippen molar-refractivity contribution in [3.05, 3.63) is 12.3 Å². The lowest BCUT2D eigenvalue weighted by atomic mass is 9.92. The van der Waals surface area contributed by atoms with Crippen LogP contribution in [-0.4, -0.2) is 17.6 Å². The van der Waals surface area contributed by atoms with Gasteiger partial charge in [-0.3, -0.25) is 0 Å². The summed E-state index contributed by atoms with van der Waals surface area (Å²) in [6.45, 7) is 13.0. The van der Waals surface area contributed by atoms with E-state index in [9.17, 15) is 0 Å². The van der Waals surface area contributed by atoms with Crippen molar-refractivity contribution in [1.29, 1.82) is 0 Å². The van der Waals surface area contributed by atoms with E-state index in [2.05, 4.69) is 44.9 Å². The van der Waals surface area contributed by atoms with E-state index in [-0.39, 0.29) is 5.54 Å². The normalized spacial score (nSPS) is 19.9. The summed E-state index contributed by atoms with van der Waals surface area (Å²) < 4.78 is 0. The molecule has 0 aromatic rings. The predicted molar refractivity (Wildman–Crippen MR) is 66.9 cm³/mol. The molecule has 0 atom stereocenters. The summed E-state index contributed by atoms with van der Waals surface area (Å²) in [5.41, 5.74) is 1.34. The van der Waals surface area contributed by atoms with Crippen LogP contribution in [-0.2, 0) is 0 Å². The molecule has 0 spiro atoms. The molecule has 0 aliphatic heterocycles. The molecule has 1 saturated carbocycles. The molecule has 15 heavy (non-hydrogen) atoms. The second-order valence-corrected chi connectivity index (χ2v) is 5.37. The van der Waals surface area contributed by atoms with Crippen LogP contribution in [0.1, 0.15) is 53.4 Å². The van der Waals surface area contributed by atoms with Crippen LogP contribution in [0.5, 0.6) is 0 Å². The van der Waals surface area contributed by atoms with Gasteiger partial charge in [-0.1, -0.05) is 19.4 Å². The van der Waals surface area contributed by atoms with Crippen LogP contribution in [0.25, 0.3) is 0 Å². The third-order valence-electron chi connectivity index (χ3n) is 3.06. The fourth-order valence-electron chi connectivity index (χ4n) is 2.55. The van der Waals surface area contributed by atoms with Crippen molar-refractivity contribution in [3.8, 4) is 0 Å². The van der Waals surface area contributed by atoms with Crippen molar-refractivity contribution >= 4 is 0 Å². The molecular formula is C13H26N2. The van der Waals surface area contributed by atoms with Gasteiger partial charge in [0.25, 0.3) is 0 Å². The average molecular weight is 210 g/mol. The Balaban J connectivity index is 2.67. The molecule has 0 saturated heterocycles. The molecule has 0 amide bonds. The van der Waals surface area contributed by atoms with Crippen molar-refractivity contribution in [3.63, 3.8) is 0 Å². The number of hydrogen-bond acceptors (Lipinski definition) is 2. The van der Waals surface area contributed by atoms with Gasteiger partial charge in [-0.15, -0.1) is 0 Å². The molecule has 0 bridgehead atoms. The standard InChI is InChI=1S/C13H26N2/c1-10(2)14-12(5)13(15-11(3)4)8-6-7-9-13/h10-11,14-15H,5-9H2,1-4H3. The molecule has 1 aliphatic rings. The number of rotatable bonds is 5. The van der Waals surface area contributed by atoms with Gasteiger partial charge in [0.15, 0.2) is 0 Å². The van der Waals surface area contributed by atoms with E-state index in [0.717, 1.165) is 0 Å². The van der Waals surface area contributed by atoms with Crippen LogP contribution in [0.3, 0.4) is 0 Å². The first-order chi connectivity index (χ1) is 6.96.